The Kier molecular flexibility index (Phi) is 6.68. The molecular formula is C46H29N3S. The van der Waals surface area contributed by atoms with Crippen LogP contribution in [0.1, 0.15) is 0 Å². The standard InChI is InChI=1S/C46H29N3S/c1-2-13-30(14-3-1)46-47-39(32-16-10-15-31(27-32)35-22-12-26-44-45(35)38-21-6-9-25-43(38)50-44)29-40(48-46)33-17-11-18-34(28-33)49-41-23-7-4-19-36(41)37-20-5-8-24-42(37)49/h1-29H. The number of para-hydroxylation sites is 2. The van der Waals surface area contributed by atoms with Gasteiger partial charge in [0.15, 0.2) is 5.82 Å². The smallest absolute Gasteiger partial charge is 0.160 e. The van der Waals surface area contributed by atoms with Gasteiger partial charge in [-0.25, -0.2) is 9.97 Å². The second-order valence-electron chi connectivity index (χ2n) is 12.6. The molecule has 0 unspecified atom stereocenters. The summed E-state index contributed by atoms with van der Waals surface area (Å²) in [5, 5.41) is 5.10. The van der Waals surface area contributed by atoms with Crippen molar-refractivity contribution in [3.05, 3.63) is 176 Å². The van der Waals surface area contributed by atoms with Gasteiger partial charge in [-0.15, -0.1) is 11.3 Å². The number of aromatic nitrogens is 3. The fourth-order valence-corrected chi connectivity index (χ4v) is 8.46. The van der Waals surface area contributed by atoms with Gasteiger partial charge in [-0.05, 0) is 59.7 Å². The third kappa shape index (κ3) is 4.73. The van der Waals surface area contributed by atoms with E-state index >= 15 is 0 Å². The average molecular weight is 656 g/mol. The minimum atomic E-state index is 0.705. The van der Waals surface area contributed by atoms with Crippen molar-refractivity contribution in [2.75, 3.05) is 0 Å². The SMILES string of the molecule is c1ccc(-c2nc(-c3cccc(-c4cccc5sc6ccccc6c45)c3)cc(-c3cccc(-n4c5ccccc5c5ccccc54)c3)n2)cc1. The Hall–Kier alpha value is -6.36. The van der Waals surface area contributed by atoms with E-state index in [0.717, 1.165) is 33.8 Å². The first kappa shape index (κ1) is 28.6. The molecule has 0 N–H and O–H groups in total. The summed E-state index contributed by atoms with van der Waals surface area (Å²) in [7, 11) is 0. The van der Waals surface area contributed by atoms with Gasteiger partial charge in [-0.3, -0.25) is 0 Å². The normalized spacial score (nSPS) is 11.6. The van der Waals surface area contributed by atoms with E-state index in [1.165, 1.54) is 53.1 Å². The third-order valence-electron chi connectivity index (χ3n) is 9.61. The van der Waals surface area contributed by atoms with E-state index in [-0.39, 0.29) is 0 Å². The summed E-state index contributed by atoms with van der Waals surface area (Å²) in [6, 6.07) is 62.5. The van der Waals surface area contributed by atoms with E-state index in [1.807, 2.05) is 29.5 Å². The fraction of sp³-hybridized carbons (Fsp3) is 0. The zero-order valence-corrected chi connectivity index (χ0v) is 27.8. The van der Waals surface area contributed by atoms with Crippen LogP contribution in [0.25, 0.3) is 92.7 Å². The summed E-state index contributed by atoms with van der Waals surface area (Å²) in [6.45, 7) is 0. The molecule has 0 spiro atoms. The molecule has 3 heterocycles. The van der Waals surface area contributed by atoms with Gasteiger partial charge in [0.05, 0.1) is 22.4 Å². The Morgan fingerprint density at radius 1 is 0.400 bits per heavy atom. The highest BCUT2D eigenvalue weighted by molar-refractivity contribution is 7.25. The summed E-state index contributed by atoms with van der Waals surface area (Å²) in [6.07, 6.45) is 0. The predicted molar refractivity (Wildman–Crippen MR) is 211 cm³/mol. The molecule has 0 saturated carbocycles. The zero-order chi connectivity index (χ0) is 33.0. The Morgan fingerprint density at radius 2 is 0.960 bits per heavy atom. The molecule has 7 aromatic carbocycles. The van der Waals surface area contributed by atoms with E-state index in [0.29, 0.717) is 5.82 Å². The van der Waals surface area contributed by atoms with Gasteiger partial charge in [-0.1, -0.05) is 127 Å². The van der Waals surface area contributed by atoms with Crippen LogP contribution in [0.2, 0.25) is 0 Å². The number of thiophene rings is 1. The van der Waals surface area contributed by atoms with E-state index in [9.17, 15) is 0 Å². The largest absolute Gasteiger partial charge is 0.309 e. The fourth-order valence-electron chi connectivity index (χ4n) is 7.33. The summed E-state index contributed by atoms with van der Waals surface area (Å²) < 4.78 is 4.96. The predicted octanol–water partition coefficient (Wildman–Crippen LogP) is 12.6. The Bertz CT molecular complexity index is 2830. The number of hydrogen-bond donors (Lipinski definition) is 0. The van der Waals surface area contributed by atoms with E-state index < -0.39 is 0 Å². The van der Waals surface area contributed by atoms with Crippen LogP contribution in [0.3, 0.4) is 0 Å². The monoisotopic (exact) mass is 655 g/mol. The minimum Gasteiger partial charge on any atom is -0.309 e. The van der Waals surface area contributed by atoms with Crippen LogP contribution in [-0.2, 0) is 0 Å². The molecule has 0 saturated heterocycles. The molecule has 0 bridgehead atoms. The number of benzene rings is 7. The van der Waals surface area contributed by atoms with Gasteiger partial charge in [0.2, 0.25) is 0 Å². The van der Waals surface area contributed by atoms with Crippen LogP contribution >= 0.6 is 11.3 Å². The first-order valence-electron chi connectivity index (χ1n) is 16.8. The summed E-state index contributed by atoms with van der Waals surface area (Å²) in [5.41, 5.74) is 10.7. The summed E-state index contributed by atoms with van der Waals surface area (Å²) in [5.74, 6) is 0.705. The van der Waals surface area contributed by atoms with Crippen LogP contribution in [-0.4, -0.2) is 14.5 Å². The molecular weight excluding hydrogens is 627 g/mol. The van der Waals surface area contributed by atoms with Crippen molar-refractivity contribution < 1.29 is 0 Å². The third-order valence-corrected chi connectivity index (χ3v) is 10.7. The molecule has 0 atom stereocenters. The quantitative estimate of drug-likeness (QED) is 0.185. The molecule has 0 aliphatic rings. The highest BCUT2D eigenvalue weighted by atomic mass is 32.1. The van der Waals surface area contributed by atoms with Crippen LogP contribution < -0.4 is 0 Å². The molecule has 0 aliphatic carbocycles. The Labute approximate surface area is 293 Å². The molecule has 4 heteroatoms. The summed E-state index contributed by atoms with van der Waals surface area (Å²) in [4.78, 5) is 10.4. The molecule has 0 radical (unpaired) electrons. The van der Waals surface area contributed by atoms with E-state index in [4.69, 9.17) is 9.97 Å². The lowest BCUT2D eigenvalue weighted by Crippen LogP contribution is -1.98. The highest BCUT2D eigenvalue weighted by Crippen LogP contribution is 2.41. The van der Waals surface area contributed by atoms with Crippen LogP contribution in [0.4, 0.5) is 0 Å². The lowest BCUT2D eigenvalue weighted by molar-refractivity contribution is 1.16. The molecule has 234 valence electrons. The maximum absolute atomic E-state index is 5.18. The molecule has 0 fully saturated rings. The molecule has 10 rings (SSSR count). The zero-order valence-electron chi connectivity index (χ0n) is 27.0. The van der Waals surface area contributed by atoms with Crippen LogP contribution in [0.5, 0.6) is 0 Å². The van der Waals surface area contributed by atoms with Crippen molar-refractivity contribution in [1.82, 2.24) is 14.5 Å². The Morgan fingerprint density at radius 3 is 1.72 bits per heavy atom. The first-order chi connectivity index (χ1) is 24.8. The van der Waals surface area contributed by atoms with Crippen molar-refractivity contribution in [2.24, 2.45) is 0 Å². The average Bonchev–Trinajstić information content (AvgIpc) is 3.74. The Balaban J connectivity index is 1.14. The van der Waals surface area contributed by atoms with Gasteiger partial charge in [0.1, 0.15) is 0 Å². The van der Waals surface area contributed by atoms with Gasteiger partial charge >= 0.3 is 0 Å². The number of rotatable bonds is 5. The highest BCUT2D eigenvalue weighted by Gasteiger charge is 2.16. The van der Waals surface area contributed by atoms with Crippen molar-refractivity contribution in [3.63, 3.8) is 0 Å². The number of fused-ring (bicyclic) bond motifs is 6. The first-order valence-corrected chi connectivity index (χ1v) is 17.6. The van der Waals surface area contributed by atoms with Gasteiger partial charge in [0, 0.05) is 53.3 Å². The second kappa shape index (κ2) is 11.7. The van der Waals surface area contributed by atoms with E-state index in [1.54, 1.807) is 0 Å². The van der Waals surface area contributed by atoms with Crippen LogP contribution in [0.15, 0.2) is 176 Å². The molecule has 0 amide bonds. The molecule has 3 nitrogen and oxygen atoms in total. The number of nitrogens with zero attached hydrogens (tertiary/aromatic N) is 3. The minimum absolute atomic E-state index is 0.705. The number of hydrogen-bond acceptors (Lipinski definition) is 3. The molecule has 10 aromatic rings. The van der Waals surface area contributed by atoms with Gasteiger partial charge < -0.3 is 4.57 Å². The maximum Gasteiger partial charge on any atom is 0.160 e. The van der Waals surface area contributed by atoms with Crippen molar-refractivity contribution in [1.29, 1.82) is 0 Å². The van der Waals surface area contributed by atoms with E-state index in [2.05, 4.69) is 162 Å². The van der Waals surface area contributed by atoms with Gasteiger partial charge in [-0.2, -0.15) is 0 Å². The van der Waals surface area contributed by atoms with Crippen molar-refractivity contribution in [3.8, 4) is 50.7 Å². The topological polar surface area (TPSA) is 30.7 Å². The maximum atomic E-state index is 5.18. The van der Waals surface area contributed by atoms with Crippen molar-refractivity contribution in [2.45, 2.75) is 0 Å². The lowest BCUT2D eigenvalue weighted by Gasteiger charge is -2.13. The van der Waals surface area contributed by atoms with Crippen molar-refractivity contribution >= 4 is 53.3 Å². The molecule has 0 aliphatic heterocycles. The van der Waals surface area contributed by atoms with Gasteiger partial charge in [0.25, 0.3) is 0 Å². The van der Waals surface area contributed by atoms with Crippen LogP contribution in [0, 0.1) is 0 Å². The molecule has 50 heavy (non-hydrogen) atoms. The second-order valence-corrected chi connectivity index (χ2v) is 13.7. The summed E-state index contributed by atoms with van der Waals surface area (Å²) >= 11 is 1.85. The molecule has 3 aromatic heterocycles. The lowest BCUT2D eigenvalue weighted by atomic mass is 9.97.